The Bertz CT molecular complexity index is 834. The first-order chi connectivity index (χ1) is 11.7. The average molecular weight is 382 g/mol. The van der Waals surface area contributed by atoms with Crippen LogP contribution in [-0.2, 0) is 6.61 Å². The van der Waals surface area contributed by atoms with Crippen LogP contribution in [0.5, 0.6) is 5.75 Å². The molecule has 1 N–H and O–H groups in total. The van der Waals surface area contributed by atoms with Gasteiger partial charge in [0.1, 0.15) is 12.4 Å². The lowest BCUT2D eigenvalue weighted by molar-refractivity contribution is 0.102. The van der Waals surface area contributed by atoms with Gasteiger partial charge in [0.2, 0.25) is 0 Å². The van der Waals surface area contributed by atoms with Crippen LogP contribution in [0.1, 0.15) is 15.9 Å². The van der Waals surface area contributed by atoms with E-state index in [4.69, 9.17) is 4.74 Å². The third-order valence-corrected chi connectivity index (χ3v) is 4.28. The van der Waals surface area contributed by atoms with E-state index in [1.807, 2.05) is 66.7 Å². The van der Waals surface area contributed by atoms with Gasteiger partial charge in [-0.05, 0) is 30.3 Å². The van der Waals surface area contributed by atoms with Gasteiger partial charge in [-0.15, -0.1) is 0 Å². The summed E-state index contributed by atoms with van der Waals surface area (Å²) < 4.78 is 6.85. The summed E-state index contributed by atoms with van der Waals surface area (Å²) in [6, 6.07) is 24.5. The zero-order valence-electron chi connectivity index (χ0n) is 12.9. The second-order valence-electron chi connectivity index (χ2n) is 5.20. The van der Waals surface area contributed by atoms with Crippen LogP contribution in [0.15, 0.2) is 83.3 Å². The maximum atomic E-state index is 12.5. The highest BCUT2D eigenvalue weighted by molar-refractivity contribution is 9.10. The van der Waals surface area contributed by atoms with E-state index < -0.39 is 0 Å². The van der Waals surface area contributed by atoms with Gasteiger partial charge in [0.05, 0.1) is 5.56 Å². The van der Waals surface area contributed by atoms with Crippen LogP contribution < -0.4 is 10.1 Å². The van der Waals surface area contributed by atoms with Crippen molar-refractivity contribution in [1.82, 2.24) is 0 Å². The molecule has 0 spiro atoms. The molecule has 0 aromatic heterocycles. The Balaban J connectivity index is 1.75. The highest BCUT2D eigenvalue weighted by Crippen LogP contribution is 2.23. The van der Waals surface area contributed by atoms with E-state index >= 15 is 0 Å². The summed E-state index contributed by atoms with van der Waals surface area (Å²) >= 11 is 3.50. The number of carbonyl (C=O) groups is 1. The minimum absolute atomic E-state index is 0.191. The number of para-hydroxylation sites is 2. The van der Waals surface area contributed by atoms with Gasteiger partial charge in [0, 0.05) is 15.7 Å². The number of nitrogens with one attached hydrogen (secondary N) is 1. The molecule has 0 aliphatic heterocycles. The predicted molar refractivity (Wildman–Crippen MR) is 99.3 cm³/mol. The lowest BCUT2D eigenvalue weighted by Crippen LogP contribution is -2.13. The normalized spacial score (nSPS) is 10.2. The van der Waals surface area contributed by atoms with Gasteiger partial charge < -0.3 is 10.1 Å². The summed E-state index contributed by atoms with van der Waals surface area (Å²) in [5.41, 5.74) is 2.28. The van der Waals surface area contributed by atoms with Crippen molar-refractivity contribution in [1.29, 1.82) is 0 Å². The third-order valence-electron chi connectivity index (χ3n) is 3.50. The average Bonchev–Trinajstić information content (AvgIpc) is 2.62. The summed E-state index contributed by atoms with van der Waals surface area (Å²) in [7, 11) is 0. The smallest absolute Gasteiger partial charge is 0.259 e. The van der Waals surface area contributed by atoms with Crippen molar-refractivity contribution in [3.63, 3.8) is 0 Å². The monoisotopic (exact) mass is 381 g/mol. The number of halogens is 1. The SMILES string of the molecule is O=C(Nc1ccccc1)c1ccccc1OCc1ccccc1Br. The maximum Gasteiger partial charge on any atom is 0.259 e. The molecule has 0 fully saturated rings. The highest BCUT2D eigenvalue weighted by Gasteiger charge is 2.12. The zero-order valence-corrected chi connectivity index (χ0v) is 14.5. The first kappa shape index (κ1) is 16.3. The molecule has 24 heavy (non-hydrogen) atoms. The van der Waals surface area contributed by atoms with E-state index in [-0.39, 0.29) is 5.91 Å². The molecule has 0 aliphatic carbocycles. The number of carbonyl (C=O) groups excluding carboxylic acids is 1. The van der Waals surface area contributed by atoms with Gasteiger partial charge in [-0.3, -0.25) is 4.79 Å². The number of amides is 1. The molecule has 120 valence electrons. The minimum Gasteiger partial charge on any atom is -0.488 e. The van der Waals surface area contributed by atoms with Gasteiger partial charge in [0.25, 0.3) is 5.91 Å². The standard InChI is InChI=1S/C20H16BrNO2/c21-18-12-6-4-8-15(18)14-24-19-13-7-5-11-17(19)20(23)22-16-9-2-1-3-10-16/h1-13H,14H2,(H,22,23). The van der Waals surface area contributed by atoms with Crippen molar-refractivity contribution in [2.24, 2.45) is 0 Å². The largest absolute Gasteiger partial charge is 0.488 e. The van der Waals surface area contributed by atoms with E-state index in [0.29, 0.717) is 17.9 Å². The number of hydrogen-bond acceptors (Lipinski definition) is 2. The van der Waals surface area contributed by atoms with Gasteiger partial charge in [0.15, 0.2) is 0 Å². The molecule has 0 radical (unpaired) electrons. The van der Waals surface area contributed by atoms with Crippen molar-refractivity contribution in [3.05, 3.63) is 94.5 Å². The molecule has 0 heterocycles. The topological polar surface area (TPSA) is 38.3 Å². The Morgan fingerprint density at radius 1 is 0.875 bits per heavy atom. The van der Waals surface area contributed by atoms with Crippen LogP contribution in [0.25, 0.3) is 0 Å². The van der Waals surface area contributed by atoms with E-state index in [2.05, 4.69) is 21.2 Å². The summed E-state index contributed by atoms with van der Waals surface area (Å²) in [6.45, 7) is 0.386. The van der Waals surface area contributed by atoms with Gasteiger partial charge in [-0.1, -0.05) is 64.5 Å². The van der Waals surface area contributed by atoms with Crippen LogP contribution >= 0.6 is 15.9 Å². The number of ether oxygens (including phenoxy) is 1. The molecule has 0 saturated heterocycles. The Kier molecular flexibility index (Phi) is 5.29. The molecule has 0 unspecified atom stereocenters. The Morgan fingerprint density at radius 2 is 1.54 bits per heavy atom. The first-order valence-electron chi connectivity index (χ1n) is 7.55. The van der Waals surface area contributed by atoms with E-state index in [0.717, 1.165) is 15.7 Å². The molecule has 0 saturated carbocycles. The summed E-state index contributed by atoms with van der Waals surface area (Å²) in [5.74, 6) is 0.366. The molecular weight excluding hydrogens is 366 g/mol. The van der Waals surface area contributed by atoms with Crippen molar-refractivity contribution >= 4 is 27.5 Å². The Labute approximate surface area is 149 Å². The van der Waals surface area contributed by atoms with Crippen molar-refractivity contribution in [2.45, 2.75) is 6.61 Å². The fraction of sp³-hybridized carbons (Fsp3) is 0.0500. The van der Waals surface area contributed by atoms with E-state index in [1.54, 1.807) is 12.1 Å². The summed E-state index contributed by atoms with van der Waals surface area (Å²) in [6.07, 6.45) is 0. The minimum atomic E-state index is -0.191. The van der Waals surface area contributed by atoms with Gasteiger partial charge in [-0.2, -0.15) is 0 Å². The van der Waals surface area contributed by atoms with Crippen LogP contribution in [-0.4, -0.2) is 5.91 Å². The molecule has 1 amide bonds. The van der Waals surface area contributed by atoms with Crippen LogP contribution in [0.4, 0.5) is 5.69 Å². The highest BCUT2D eigenvalue weighted by atomic mass is 79.9. The Morgan fingerprint density at radius 3 is 2.33 bits per heavy atom. The third kappa shape index (κ3) is 4.03. The number of anilines is 1. The molecule has 0 aliphatic rings. The molecule has 3 aromatic rings. The Hall–Kier alpha value is -2.59. The summed E-state index contributed by atoms with van der Waals surface area (Å²) in [4.78, 5) is 12.5. The lowest BCUT2D eigenvalue weighted by Gasteiger charge is -2.12. The van der Waals surface area contributed by atoms with Crippen LogP contribution in [0.2, 0.25) is 0 Å². The van der Waals surface area contributed by atoms with Crippen molar-refractivity contribution in [3.8, 4) is 5.75 Å². The first-order valence-corrected chi connectivity index (χ1v) is 8.35. The van der Waals surface area contributed by atoms with Gasteiger partial charge in [-0.25, -0.2) is 0 Å². The van der Waals surface area contributed by atoms with E-state index in [9.17, 15) is 4.79 Å². The molecule has 0 atom stereocenters. The predicted octanol–water partition coefficient (Wildman–Crippen LogP) is 5.28. The molecule has 3 nitrogen and oxygen atoms in total. The fourth-order valence-electron chi connectivity index (χ4n) is 2.27. The molecule has 3 rings (SSSR count). The molecular formula is C20H16BrNO2. The molecule has 3 aromatic carbocycles. The molecule has 0 bridgehead atoms. The van der Waals surface area contributed by atoms with Crippen molar-refractivity contribution < 1.29 is 9.53 Å². The maximum absolute atomic E-state index is 12.5. The molecule has 4 heteroatoms. The number of rotatable bonds is 5. The quantitative estimate of drug-likeness (QED) is 0.652. The van der Waals surface area contributed by atoms with Gasteiger partial charge >= 0.3 is 0 Å². The lowest BCUT2D eigenvalue weighted by atomic mass is 10.1. The van der Waals surface area contributed by atoms with Crippen molar-refractivity contribution in [2.75, 3.05) is 5.32 Å². The second kappa shape index (κ2) is 7.79. The number of benzene rings is 3. The van der Waals surface area contributed by atoms with E-state index in [1.165, 1.54) is 0 Å². The van der Waals surface area contributed by atoms with Crippen LogP contribution in [0, 0.1) is 0 Å². The summed E-state index contributed by atoms with van der Waals surface area (Å²) in [5, 5.41) is 2.88. The number of hydrogen-bond donors (Lipinski definition) is 1. The second-order valence-corrected chi connectivity index (χ2v) is 6.05. The van der Waals surface area contributed by atoms with Crippen LogP contribution in [0.3, 0.4) is 0 Å². The zero-order chi connectivity index (χ0) is 16.8. The fourth-order valence-corrected chi connectivity index (χ4v) is 2.67.